The molecule has 0 aliphatic rings. The molecule has 0 saturated heterocycles. The summed E-state index contributed by atoms with van der Waals surface area (Å²) in [5.74, 6) is 0.691. The van der Waals surface area contributed by atoms with Crippen molar-refractivity contribution in [3.8, 4) is 17.0 Å². The van der Waals surface area contributed by atoms with Gasteiger partial charge in [0.2, 0.25) is 15.9 Å². The van der Waals surface area contributed by atoms with Gasteiger partial charge >= 0.3 is 0 Å². The topological polar surface area (TPSA) is 88.6 Å². The van der Waals surface area contributed by atoms with Crippen LogP contribution in [0.3, 0.4) is 0 Å². The highest BCUT2D eigenvalue weighted by Crippen LogP contribution is 2.27. The third-order valence-corrected chi connectivity index (χ3v) is 6.63. The number of hydrogen-bond acceptors (Lipinski definition) is 6. The molecule has 7 nitrogen and oxygen atoms in total. The number of carbonyl (C=O) groups is 1. The van der Waals surface area contributed by atoms with E-state index in [9.17, 15) is 13.2 Å². The Balaban J connectivity index is 1.60. The van der Waals surface area contributed by atoms with Gasteiger partial charge in [-0.2, -0.15) is 0 Å². The van der Waals surface area contributed by atoms with Gasteiger partial charge in [-0.3, -0.25) is 9.10 Å². The lowest BCUT2D eigenvalue weighted by molar-refractivity contribution is -0.116. The minimum Gasteiger partial charge on any atom is -0.494 e. The Kier molecular flexibility index (Phi) is 7.29. The molecule has 0 fully saturated rings. The predicted molar refractivity (Wildman–Crippen MR) is 125 cm³/mol. The number of thiazole rings is 1. The molecule has 1 heterocycles. The van der Waals surface area contributed by atoms with E-state index in [1.807, 2.05) is 48.7 Å². The summed E-state index contributed by atoms with van der Waals surface area (Å²) in [5, 5.41) is 5.22. The summed E-state index contributed by atoms with van der Waals surface area (Å²) in [6.45, 7) is 2.51. The van der Waals surface area contributed by atoms with Crippen LogP contribution in [-0.2, 0) is 21.2 Å². The number of sulfonamides is 1. The van der Waals surface area contributed by atoms with Gasteiger partial charge < -0.3 is 10.1 Å². The fourth-order valence-electron chi connectivity index (χ4n) is 2.93. The number of aryl methyl sites for hydroxylation is 1. The smallest absolute Gasteiger partial charge is 0.231 e. The zero-order chi connectivity index (χ0) is 22.4. The van der Waals surface area contributed by atoms with E-state index in [-0.39, 0.29) is 5.91 Å². The van der Waals surface area contributed by atoms with Crippen LogP contribution < -0.4 is 14.4 Å². The summed E-state index contributed by atoms with van der Waals surface area (Å²) in [5.41, 5.74) is 3.13. The molecule has 9 heteroatoms. The second-order valence-corrected chi connectivity index (χ2v) is 9.78. The summed E-state index contributed by atoms with van der Waals surface area (Å²) >= 11 is 1.35. The summed E-state index contributed by atoms with van der Waals surface area (Å²) < 4.78 is 30.1. The molecule has 3 aromatic rings. The molecule has 0 spiro atoms. The fourth-order valence-corrected chi connectivity index (χ4v) is 4.17. The van der Waals surface area contributed by atoms with E-state index < -0.39 is 10.0 Å². The molecule has 0 aliphatic heterocycles. The fraction of sp³-hybridized carbons (Fsp3) is 0.273. The van der Waals surface area contributed by atoms with Crippen LogP contribution in [-0.4, -0.2) is 39.2 Å². The lowest BCUT2D eigenvalue weighted by atomic mass is 10.1. The summed E-state index contributed by atoms with van der Waals surface area (Å²) in [6, 6.07) is 14.8. The Bertz CT molecular complexity index is 1140. The maximum Gasteiger partial charge on any atom is 0.231 e. The quantitative estimate of drug-likeness (QED) is 0.519. The summed E-state index contributed by atoms with van der Waals surface area (Å²) in [6.07, 6.45) is 2.06. The molecule has 0 saturated carbocycles. The first-order valence-electron chi connectivity index (χ1n) is 9.78. The first-order chi connectivity index (χ1) is 14.8. The number of nitrogens with one attached hydrogen (secondary N) is 1. The minimum atomic E-state index is -3.31. The SMILES string of the molecule is CCOc1ccccc1CCC(=O)Nc1nc(-c2ccc(N(C)S(C)(=O)=O)cc2)cs1. The van der Waals surface area contributed by atoms with Crippen molar-refractivity contribution in [3.63, 3.8) is 0 Å². The number of hydrogen-bond donors (Lipinski definition) is 1. The third-order valence-electron chi connectivity index (χ3n) is 4.67. The first kappa shape index (κ1) is 22.8. The molecule has 0 atom stereocenters. The van der Waals surface area contributed by atoms with Crippen molar-refractivity contribution in [1.82, 2.24) is 4.98 Å². The molecular weight excluding hydrogens is 434 g/mol. The maximum atomic E-state index is 12.4. The van der Waals surface area contributed by atoms with E-state index in [1.165, 1.54) is 22.7 Å². The molecule has 0 bridgehead atoms. The number of carbonyl (C=O) groups excluding carboxylic acids is 1. The number of anilines is 2. The van der Waals surface area contributed by atoms with Gasteiger partial charge in [0.15, 0.2) is 5.13 Å². The van der Waals surface area contributed by atoms with E-state index in [4.69, 9.17) is 4.74 Å². The largest absolute Gasteiger partial charge is 0.494 e. The summed E-state index contributed by atoms with van der Waals surface area (Å²) in [7, 11) is -1.80. The Hall–Kier alpha value is -2.91. The van der Waals surface area contributed by atoms with Crippen molar-refractivity contribution in [3.05, 3.63) is 59.5 Å². The molecule has 3 rings (SSSR count). The maximum absolute atomic E-state index is 12.4. The standard InChI is InChI=1S/C22H25N3O4S2/c1-4-29-20-8-6-5-7-17(20)11-14-21(26)24-22-23-19(15-30-22)16-9-12-18(13-10-16)25(2)31(3,27)28/h5-10,12-13,15H,4,11,14H2,1-3H3,(H,23,24,26). The van der Waals surface area contributed by atoms with Crippen LogP contribution in [0.2, 0.25) is 0 Å². The Morgan fingerprint density at radius 1 is 1.16 bits per heavy atom. The summed E-state index contributed by atoms with van der Waals surface area (Å²) in [4.78, 5) is 16.8. The van der Waals surface area contributed by atoms with Crippen molar-refractivity contribution >= 4 is 38.1 Å². The van der Waals surface area contributed by atoms with Gasteiger partial charge in [-0.05, 0) is 37.1 Å². The molecule has 0 aliphatic carbocycles. The Morgan fingerprint density at radius 3 is 2.55 bits per heavy atom. The van der Waals surface area contributed by atoms with E-state index in [0.29, 0.717) is 30.3 Å². The van der Waals surface area contributed by atoms with Crippen LogP contribution in [0.5, 0.6) is 5.75 Å². The molecule has 1 aromatic heterocycles. The highest BCUT2D eigenvalue weighted by Gasteiger charge is 2.13. The van der Waals surface area contributed by atoms with Gasteiger partial charge in [0.05, 0.1) is 24.2 Å². The average Bonchev–Trinajstić information content (AvgIpc) is 3.20. The van der Waals surface area contributed by atoms with Crippen molar-refractivity contribution in [2.45, 2.75) is 19.8 Å². The average molecular weight is 460 g/mol. The molecule has 1 N–H and O–H groups in total. The normalized spacial score (nSPS) is 11.2. The van der Waals surface area contributed by atoms with E-state index in [0.717, 1.165) is 28.8 Å². The van der Waals surface area contributed by atoms with Gasteiger partial charge in [-0.15, -0.1) is 11.3 Å². The monoisotopic (exact) mass is 459 g/mol. The van der Waals surface area contributed by atoms with Crippen LogP contribution in [0.15, 0.2) is 53.9 Å². The van der Waals surface area contributed by atoms with Gasteiger partial charge in [0.1, 0.15) is 5.75 Å². The number of rotatable bonds is 9. The van der Waals surface area contributed by atoms with Crippen LogP contribution in [0.4, 0.5) is 10.8 Å². The molecule has 2 aromatic carbocycles. The zero-order valence-corrected chi connectivity index (χ0v) is 19.3. The number of benzene rings is 2. The lowest BCUT2D eigenvalue weighted by Gasteiger charge is -2.16. The number of para-hydroxylation sites is 1. The van der Waals surface area contributed by atoms with E-state index in [2.05, 4.69) is 10.3 Å². The minimum absolute atomic E-state index is 0.114. The highest BCUT2D eigenvalue weighted by atomic mass is 32.2. The first-order valence-corrected chi connectivity index (χ1v) is 12.5. The predicted octanol–water partition coefficient (Wildman–Crippen LogP) is 4.18. The Labute approximate surface area is 186 Å². The van der Waals surface area contributed by atoms with Gasteiger partial charge in [0, 0.05) is 24.4 Å². The van der Waals surface area contributed by atoms with Crippen LogP contribution in [0, 0.1) is 0 Å². The number of aromatic nitrogens is 1. The second kappa shape index (κ2) is 9.93. The van der Waals surface area contributed by atoms with Crippen molar-refractivity contribution in [2.75, 3.05) is 29.5 Å². The number of nitrogens with zero attached hydrogens (tertiary/aromatic N) is 2. The van der Waals surface area contributed by atoms with Gasteiger partial charge in [0.25, 0.3) is 0 Å². The third kappa shape index (κ3) is 6.05. The molecule has 164 valence electrons. The van der Waals surface area contributed by atoms with E-state index >= 15 is 0 Å². The zero-order valence-electron chi connectivity index (χ0n) is 17.7. The lowest BCUT2D eigenvalue weighted by Crippen LogP contribution is -2.24. The number of ether oxygens (including phenoxy) is 1. The van der Waals surface area contributed by atoms with Gasteiger partial charge in [-0.25, -0.2) is 13.4 Å². The molecular formula is C22H25N3O4S2. The van der Waals surface area contributed by atoms with Crippen molar-refractivity contribution in [2.24, 2.45) is 0 Å². The highest BCUT2D eigenvalue weighted by molar-refractivity contribution is 7.92. The van der Waals surface area contributed by atoms with Gasteiger partial charge in [-0.1, -0.05) is 30.3 Å². The molecule has 0 unspecified atom stereocenters. The number of amides is 1. The van der Waals surface area contributed by atoms with Crippen molar-refractivity contribution in [1.29, 1.82) is 0 Å². The molecule has 1 amide bonds. The Morgan fingerprint density at radius 2 is 1.87 bits per heavy atom. The van der Waals surface area contributed by atoms with Crippen LogP contribution >= 0.6 is 11.3 Å². The second-order valence-electron chi connectivity index (χ2n) is 6.90. The van der Waals surface area contributed by atoms with Crippen LogP contribution in [0.25, 0.3) is 11.3 Å². The van der Waals surface area contributed by atoms with Crippen LogP contribution in [0.1, 0.15) is 18.9 Å². The van der Waals surface area contributed by atoms with Crippen molar-refractivity contribution < 1.29 is 17.9 Å². The molecule has 31 heavy (non-hydrogen) atoms. The molecule has 0 radical (unpaired) electrons. The van der Waals surface area contributed by atoms with E-state index in [1.54, 1.807) is 12.1 Å².